The number of aliphatic hydroxyl groups is 1. The van der Waals surface area contributed by atoms with Gasteiger partial charge in [-0.25, -0.2) is 0 Å². The second kappa shape index (κ2) is 22.3. The first-order valence-corrected chi connectivity index (χ1v) is 11.2. The van der Waals surface area contributed by atoms with Crippen LogP contribution in [0.3, 0.4) is 0 Å². The molecule has 0 fully saturated rings. The van der Waals surface area contributed by atoms with E-state index in [1.807, 2.05) is 0 Å². The van der Waals surface area contributed by atoms with Gasteiger partial charge in [-0.1, -0.05) is 63.2 Å². The molecule has 1 amide bonds. The van der Waals surface area contributed by atoms with Gasteiger partial charge in [0.1, 0.15) is 0 Å². The number of carboxylic acids is 1. The fraction of sp³-hybridized carbons (Fsp3) is 0.750. The third-order valence-corrected chi connectivity index (χ3v) is 4.57. The van der Waals surface area contributed by atoms with E-state index in [9.17, 15) is 9.59 Å². The number of carbonyl (C=O) groups excluding carboxylic acids is 1. The minimum atomic E-state index is -0.699. The number of carbonyl (C=O) groups is 2. The number of aliphatic carboxylic acids is 1. The monoisotopic (exact) mass is 405 g/mol. The van der Waals surface area contributed by atoms with E-state index in [0.29, 0.717) is 13.0 Å². The summed E-state index contributed by atoms with van der Waals surface area (Å²) in [5.74, 6) is 11.4. The molecular weight excluding hydrogens is 366 g/mol. The van der Waals surface area contributed by atoms with Gasteiger partial charge in [-0.05, 0) is 37.5 Å². The van der Waals surface area contributed by atoms with Gasteiger partial charge in [0.25, 0.3) is 0 Å². The van der Waals surface area contributed by atoms with E-state index in [-0.39, 0.29) is 18.9 Å². The average molecular weight is 406 g/mol. The van der Waals surface area contributed by atoms with Crippen LogP contribution in [0.25, 0.3) is 0 Å². The number of carboxylic acid groups (broad SMARTS) is 1. The van der Waals surface area contributed by atoms with Gasteiger partial charge in [0.05, 0.1) is 6.61 Å². The number of aliphatic hydroxyl groups excluding tert-OH is 1. The van der Waals surface area contributed by atoms with E-state index < -0.39 is 5.97 Å². The summed E-state index contributed by atoms with van der Waals surface area (Å²) in [5, 5.41) is 19.8. The molecule has 0 rings (SSSR count). The van der Waals surface area contributed by atoms with Crippen molar-refractivity contribution < 1.29 is 19.8 Å². The van der Waals surface area contributed by atoms with Gasteiger partial charge in [-0.3, -0.25) is 9.59 Å². The number of nitrogens with one attached hydrogen (secondary N) is 1. The number of unbranched alkanes of at least 4 members (excludes halogenated alkanes) is 12. The summed E-state index contributed by atoms with van der Waals surface area (Å²) in [5.41, 5.74) is 0. The molecule has 0 aliphatic rings. The molecule has 0 aromatic heterocycles. The summed E-state index contributed by atoms with van der Waals surface area (Å²) >= 11 is 0. The standard InChI is InChI=1S/C24H39NO4/c26-22-21-25-23(27)19-17-15-13-11-9-7-5-3-1-2-4-6-8-10-12-14-16-18-20-24(28)29/h26H,5-22H2,(H,25,27)(H,28,29). The summed E-state index contributed by atoms with van der Waals surface area (Å²) in [4.78, 5) is 21.7. The molecule has 5 nitrogen and oxygen atoms in total. The third kappa shape index (κ3) is 24.0. The van der Waals surface area contributed by atoms with Crippen molar-refractivity contribution in [2.45, 2.75) is 103 Å². The highest BCUT2D eigenvalue weighted by Crippen LogP contribution is 2.09. The maximum absolute atomic E-state index is 11.3. The summed E-state index contributed by atoms with van der Waals surface area (Å²) < 4.78 is 0. The van der Waals surface area contributed by atoms with Crippen molar-refractivity contribution in [1.82, 2.24) is 5.32 Å². The molecule has 0 aromatic carbocycles. The lowest BCUT2D eigenvalue weighted by Gasteiger charge is -2.03. The van der Waals surface area contributed by atoms with E-state index in [1.165, 1.54) is 12.8 Å². The van der Waals surface area contributed by atoms with Crippen LogP contribution >= 0.6 is 0 Å². The zero-order valence-electron chi connectivity index (χ0n) is 17.9. The van der Waals surface area contributed by atoms with Crippen molar-refractivity contribution in [3.05, 3.63) is 0 Å². The average Bonchev–Trinajstić information content (AvgIpc) is 2.70. The molecule has 0 aliphatic carbocycles. The Balaban J connectivity index is 3.32. The Morgan fingerprint density at radius 3 is 1.59 bits per heavy atom. The Morgan fingerprint density at radius 1 is 0.655 bits per heavy atom. The highest BCUT2D eigenvalue weighted by molar-refractivity contribution is 5.75. The molecule has 0 atom stereocenters. The van der Waals surface area contributed by atoms with E-state index in [0.717, 1.165) is 77.0 Å². The minimum Gasteiger partial charge on any atom is -0.481 e. The van der Waals surface area contributed by atoms with Gasteiger partial charge in [0, 0.05) is 32.2 Å². The molecule has 3 N–H and O–H groups in total. The van der Waals surface area contributed by atoms with Crippen molar-refractivity contribution in [3.8, 4) is 23.7 Å². The van der Waals surface area contributed by atoms with Crippen LogP contribution < -0.4 is 5.32 Å². The summed E-state index contributed by atoms with van der Waals surface area (Å²) in [6.07, 6.45) is 15.5. The lowest BCUT2D eigenvalue weighted by Crippen LogP contribution is -2.25. The van der Waals surface area contributed by atoms with Gasteiger partial charge in [-0.15, -0.1) is 0 Å². The fourth-order valence-corrected chi connectivity index (χ4v) is 2.90. The first-order chi connectivity index (χ1) is 14.2. The number of hydrogen-bond acceptors (Lipinski definition) is 3. The number of rotatable bonds is 18. The van der Waals surface area contributed by atoms with Crippen molar-refractivity contribution in [3.63, 3.8) is 0 Å². The Bertz CT molecular complexity index is 537. The second-order valence-corrected chi connectivity index (χ2v) is 7.31. The van der Waals surface area contributed by atoms with Gasteiger partial charge in [0.15, 0.2) is 0 Å². The third-order valence-electron chi connectivity index (χ3n) is 4.57. The highest BCUT2D eigenvalue weighted by Gasteiger charge is 1.99. The van der Waals surface area contributed by atoms with Crippen LogP contribution in [-0.4, -0.2) is 35.2 Å². The van der Waals surface area contributed by atoms with E-state index >= 15 is 0 Å². The van der Waals surface area contributed by atoms with Crippen LogP contribution in [0, 0.1) is 23.7 Å². The van der Waals surface area contributed by atoms with Crippen LogP contribution in [0.4, 0.5) is 0 Å². The molecular formula is C24H39NO4. The quantitative estimate of drug-likeness (QED) is 0.233. The molecule has 0 saturated heterocycles. The Hall–Kier alpha value is -1.98. The van der Waals surface area contributed by atoms with Crippen molar-refractivity contribution in [1.29, 1.82) is 0 Å². The molecule has 5 heteroatoms. The molecule has 0 bridgehead atoms. The molecule has 0 heterocycles. The topological polar surface area (TPSA) is 86.6 Å². The maximum Gasteiger partial charge on any atom is 0.303 e. The highest BCUT2D eigenvalue weighted by atomic mass is 16.4. The van der Waals surface area contributed by atoms with Gasteiger partial charge >= 0.3 is 5.97 Å². The van der Waals surface area contributed by atoms with Crippen molar-refractivity contribution in [2.24, 2.45) is 0 Å². The molecule has 0 aliphatic heterocycles. The second-order valence-electron chi connectivity index (χ2n) is 7.31. The molecule has 0 spiro atoms. The van der Waals surface area contributed by atoms with Gasteiger partial charge in [0.2, 0.25) is 5.91 Å². The predicted octanol–water partition coefficient (Wildman–Crippen LogP) is 4.43. The SMILES string of the molecule is O=C(O)CCCCCCCCC#CC#CCCCCCCCCC(=O)NCCO. The molecule has 29 heavy (non-hydrogen) atoms. The summed E-state index contributed by atoms with van der Waals surface area (Å²) in [6, 6.07) is 0. The minimum absolute atomic E-state index is 0.000957. The van der Waals surface area contributed by atoms with E-state index in [1.54, 1.807) is 0 Å². The number of hydrogen-bond donors (Lipinski definition) is 3. The molecule has 0 aromatic rings. The first kappa shape index (κ1) is 27.0. The summed E-state index contributed by atoms with van der Waals surface area (Å²) in [6.45, 7) is 0.348. The molecule has 0 radical (unpaired) electrons. The predicted molar refractivity (Wildman–Crippen MR) is 117 cm³/mol. The fourth-order valence-electron chi connectivity index (χ4n) is 2.90. The smallest absolute Gasteiger partial charge is 0.303 e. The van der Waals surface area contributed by atoms with Crippen LogP contribution in [0.1, 0.15) is 103 Å². The van der Waals surface area contributed by atoms with Crippen LogP contribution in [0.5, 0.6) is 0 Å². The Morgan fingerprint density at radius 2 is 1.10 bits per heavy atom. The van der Waals surface area contributed by atoms with Crippen LogP contribution in [0.15, 0.2) is 0 Å². The maximum atomic E-state index is 11.3. The number of amides is 1. The summed E-state index contributed by atoms with van der Waals surface area (Å²) in [7, 11) is 0. The lowest BCUT2D eigenvalue weighted by molar-refractivity contribution is -0.137. The van der Waals surface area contributed by atoms with Crippen LogP contribution in [-0.2, 0) is 9.59 Å². The van der Waals surface area contributed by atoms with Gasteiger partial charge < -0.3 is 15.5 Å². The van der Waals surface area contributed by atoms with Gasteiger partial charge in [-0.2, -0.15) is 0 Å². The largest absolute Gasteiger partial charge is 0.481 e. The zero-order valence-corrected chi connectivity index (χ0v) is 17.9. The van der Waals surface area contributed by atoms with E-state index in [4.69, 9.17) is 10.2 Å². The molecule has 0 unspecified atom stereocenters. The van der Waals surface area contributed by atoms with Crippen molar-refractivity contribution >= 4 is 11.9 Å². The van der Waals surface area contributed by atoms with Crippen LogP contribution in [0.2, 0.25) is 0 Å². The van der Waals surface area contributed by atoms with E-state index in [2.05, 4.69) is 29.0 Å². The molecule has 164 valence electrons. The molecule has 0 saturated carbocycles. The Labute approximate surface area is 177 Å². The van der Waals surface area contributed by atoms with Crippen molar-refractivity contribution in [2.75, 3.05) is 13.2 Å². The zero-order chi connectivity index (χ0) is 21.4. The normalized spacial score (nSPS) is 9.83. The lowest BCUT2D eigenvalue weighted by atomic mass is 10.1. The Kier molecular flexibility index (Phi) is 20.8. The first-order valence-electron chi connectivity index (χ1n) is 11.2.